The lowest BCUT2D eigenvalue weighted by atomic mass is 10.0. The SMILES string of the molecule is Cc1ccc(C)c(S(=O)(=O)N2C[C@H](C)[C@@H](N3CCOCC3)C2)c1. The molecule has 0 spiro atoms. The standard InChI is InChI=1S/C17H26N2O3S/c1-13-4-5-14(2)17(10-13)23(20,21)19-11-15(3)16(12-19)18-6-8-22-9-7-18/h4-5,10,15-16H,6-9,11-12H2,1-3H3/t15-,16-/m0/s1. The molecular weight excluding hydrogens is 312 g/mol. The molecular formula is C17H26N2O3S. The van der Waals surface area contributed by atoms with Gasteiger partial charge in [0, 0.05) is 32.2 Å². The predicted octanol–water partition coefficient (Wildman–Crippen LogP) is 1.64. The Balaban J connectivity index is 1.82. The van der Waals surface area contributed by atoms with Crippen LogP contribution in [0.25, 0.3) is 0 Å². The van der Waals surface area contributed by atoms with Crippen LogP contribution in [0.15, 0.2) is 23.1 Å². The van der Waals surface area contributed by atoms with Gasteiger partial charge in [-0.25, -0.2) is 8.42 Å². The third-order valence-electron chi connectivity index (χ3n) is 5.02. The molecule has 2 atom stereocenters. The molecule has 0 aliphatic carbocycles. The van der Waals surface area contributed by atoms with Gasteiger partial charge < -0.3 is 4.74 Å². The van der Waals surface area contributed by atoms with E-state index in [0.29, 0.717) is 29.9 Å². The fraction of sp³-hybridized carbons (Fsp3) is 0.647. The minimum Gasteiger partial charge on any atom is -0.379 e. The number of rotatable bonds is 3. The molecule has 1 aromatic carbocycles. The highest BCUT2D eigenvalue weighted by atomic mass is 32.2. The second-order valence-corrected chi connectivity index (χ2v) is 8.69. The zero-order chi connectivity index (χ0) is 16.6. The van der Waals surface area contributed by atoms with Gasteiger partial charge in [-0.2, -0.15) is 4.31 Å². The van der Waals surface area contributed by atoms with Gasteiger partial charge in [0.05, 0.1) is 18.1 Å². The number of hydrogen-bond donors (Lipinski definition) is 0. The van der Waals surface area contributed by atoms with Crippen molar-refractivity contribution in [3.05, 3.63) is 29.3 Å². The molecule has 2 saturated heterocycles. The highest BCUT2D eigenvalue weighted by Crippen LogP contribution is 2.29. The van der Waals surface area contributed by atoms with Gasteiger partial charge in [0.25, 0.3) is 0 Å². The van der Waals surface area contributed by atoms with Crippen LogP contribution in [0.2, 0.25) is 0 Å². The smallest absolute Gasteiger partial charge is 0.243 e. The van der Waals surface area contributed by atoms with Gasteiger partial charge >= 0.3 is 0 Å². The van der Waals surface area contributed by atoms with Crippen molar-refractivity contribution in [2.24, 2.45) is 5.92 Å². The van der Waals surface area contributed by atoms with Crippen LogP contribution in [-0.2, 0) is 14.8 Å². The molecule has 2 heterocycles. The van der Waals surface area contributed by atoms with Crippen molar-refractivity contribution in [2.75, 3.05) is 39.4 Å². The van der Waals surface area contributed by atoms with E-state index in [9.17, 15) is 8.42 Å². The van der Waals surface area contributed by atoms with Gasteiger partial charge in [0.1, 0.15) is 0 Å². The molecule has 0 unspecified atom stereocenters. The predicted molar refractivity (Wildman–Crippen MR) is 90.0 cm³/mol. The monoisotopic (exact) mass is 338 g/mol. The van der Waals surface area contributed by atoms with Gasteiger partial charge in [0.15, 0.2) is 0 Å². The van der Waals surface area contributed by atoms with Crippen molar-refractivity contribution in [3.63, 3.8) is 0 Å². The summed E-state index contributed by atoms with van der Waals surface area (Å²) in [5.74, 6) is 0.341. The van der Waals surface area contributed by atoms with Crippen LogP contribution in [0.4, 0.5) is 0 Å². The van der Waals surface area contributed by atoms with Gasteiger partial charge in [-0.3, -0.25) is 4.90 Å². The lowest BCUT2D eigenvalue weighted by Gasteiger charge is -2.34. The summed E-state index contributed by atoms with van der Waals surface area (Å²) in [5, 5.41) is 0. The number of hydrogen-bond acceptors (Lipinski definition) is 4. The maximum atomic E-state index is 13.1. The van der Waals surface area contributed by atoms with Crippen molar-refractivity contribution >= 4 is 10.0 Å². The number of morpholine rings is 1. The van der Waals surface area contributed by atoms with Crippen LogP contribution in [-0.4, -0.2) is 63.1 Å². The number of benzene rings is 1. The van der Waals surface area contributed by atoms with Crippen LogP contribution in [0.3, 0.4) is 0 Å². The fourth-order valence-electron chi connectivity index (χ4n) is 3.61. The van der Waals surface area contributed by atoms with Crippen molar-refractivity contribution in [2.45, 2.75) is 31.7 Å². The van der Waals surface area contributed by atoms with E-state index in [1.165, 1.54) is 0 Å². The van der Waals surface area contributed by atoms with E-state index in [4.69, 9.17) is 4.74 Å². The maximum absolute atomic E-state index is 13.1. The molecule has 1 aromatic rings. The lowest BCUT2D eigenvalue weighted by Crippen LogP contribution is -2.47. The molecule has 0 saturated carbocycles. The molecule has 0 bridgehead atoms. The second kappa shape index (κ2) is 6.51. The van der Waals surface area contributed by atoms with Crippen LogP contribution in [0, 0.1) is 19.8 Å². The van der Waals surface area contributed by atoms with Gasteiger partial charge in [-0.05, 0) is 37.0 Å². The first-order valence-corrected chi connectivity index (χ1v) is 9.73. The first kappa shape index (κ1) is 16.9. The molecule has 2 aliphatic heterocycles. The van der Waals surface area contributed by atoms with Crippen molar-refractivity contribution in [3.8, 4) is 0 Å². The lowest BCUT2D eigenvalue weighted by molar-refractivity contribution is 0.0126. The first-order valence-electron chi connectivity index (χ1n) is 8.29. The summed E-state index contributed by atoms with van der Waals surface area (Å²) in [6.45, 7) is 10.4. The van der Waals surface area contributed by atoms with Crippen LogP contribution >= 0.6 is 0 Å². The molecule has 0 amide bonds. The topological polar surface area (TPSA) is 49.9 Å². The van der Waals surface area contributed by atoms with E-state index in [-0.39, 0.29) is 0 Å². The molecule has 2 aliphatic rings. The quantitative estimate of drug-likeness (QED) is 0.841. The summed E-state index contributed by atoms with van der Waals surface area (Å²) in [5.41, 5.74) is 1.80. The average Bonchev–Trinajstić information content (AvgIpc) is 2.93. The van der Waals surface area contributed by atoms with Crippen molar-refractivity contribution in [1.82, 2.24) is 9.21 Å². The highest BCUT2D eigenvalue weighted by Gasteiger charge is 2.40. The molecule has 5 nitrogen and oxygen atoms in total. The third-order valence-corrected chi connectivity index (χ3v) is 6.99. The van der Waals surface area contributed by atoms with Crippen LogP contribution < -0.4 is 0 Å². The number of aryl methyl sites for hydroxylation is 2. The Morgan fingerprint density at radius 2 is 1.83 bits per heavy atom. The molecule has 0 aromatic heterocycles. The Kier molecular flexibility index (Phi) is 4.78. The Labute approximate surface area is 139 Å². The van der Waals surface area contributed by atoms with Gasteiger partial charge in [-0.15, -0.1) is 0 Å². The molecule has 0 N–H and O–H groups in total. The number of nitrogens with zero attached hydrogens (tertiary/aromatic N) is 2. The Morgan fingerprint density at radius 3 is 2.52 bits per heavy atom. The van der Waals surface area contributed by atoms with Gasteiger partial charge in [-0.1, -0.05) is 19.1 Å². The zero-order valence-corrected chi connectivity index (χ0v) is 15.0. The van der Waals surface area contributed by atoms with E-state index < -0.39 is 10.0 Å². The normalized spacial score (nSPS) is 27.4. The maximum Gasteiger partial charge on any atom is 0.243 e. The van der Waals surface area contributed by atoms with E-state index in [2.05, 4.69) is 11.8 Å². The molecule has 3 rings (SSSR count). The van der Waals surface area contributed by atoms with Crippen molar-refractivity contribution < 1.29 is 13.2 Å². The summed E-state index contributed by atoms with van der Waals surface area (Å²) < 4.78 is 33.2. The Hall–Kier alpha value is -0.950. The average molecular weight is 338 g/mol. The molecule has 2 fully saturated rings. The number of sulfonamides is 1. The summed E-state index contributed by atoms with van der Waals surface area (Å²) in [4.78, 5) is 2.83. The third kappa shape index (κ3) is 3.31. The zero-order valence-electron chi connectivity index (χ0n) is 14.2. The summed E-state index contributed by atoms with van der Waals surface area (Å²) in [7, 11) is -3.42. The minimum absolute atomic E-state index is 0.291. The highest BCUT2D eigenvalue weighted by molar-refractivity contribution is 7.89. The summed E-state index contributed by atoms with van der Waals surface area (Å²) in [6.07, 6.45) is 0. The molecule has 0 radical (unpaired) electrons. The van der Waals surface area contributed by atoms with E-state index >= 15 is 0 Å². The molecule has 128 valence electrons. The van der Waals surface area contributed by atoms with E-state index in [1.807, 2.05) is 26.0 Å². The Bertz CT molecular complexity index is 668. The summed E-state index contributed by atoms with van der Waals surface area (Å²) in [6, 6.07) is 5.93. The molecule has 6 heteroatoms. The van der Waals surface area contributed by atoms with Gasteiger partial charge in [0.2, 0.25) is 10.0 Å². The second-order valence-electron chi connectivity index (χ2n) is 6.78. The van der Waals surface area contributed by atoms with Crippen LogP contribution in [0.1, 0.15) is 18.1 Å². The molecule has 23 heavy (non-hydrogen) atoms. The fourth-order valence-corrected chi connectivity index (χ4v) is 5.48. The largest absolute Gasteiger partial charge is 0.379 e. The van der Waals surface area contributed by atoms with Crippen molar-refractivity contribution in [1.29, 1.82) is 0 Å². The number of ether oxygens (including phenoxy) is 1. The van der Waals surface area contributed by atoms with E-state index in [0.717, 1.165) is 37.4 Å². The van der Waals surface area contributed by atoms with Crippen LogP contribution in [0.5, 0.6) is 0 Å². The summed E-state index contributed by atoms with van der Waals surface area (Å²) >= 11 is 0. The first-order chi connectivity index (χ1) is 10.9. The Morgan fingerprint density at radius 1 is 1.13 bits per heavy atom. The minimum atomic E-state index is -3.42. The van der Waals surface area contributed by atoms with E-state index in [1.54, 1.807) is 10.4 Å².